The van der Waals surface area contributed by atoms with Crippen molar-refractivity contribution in [2.24, 2.45) is 0 Å². The Balaban J connectivity index is 2.60. The van der Waals surface area contributed by atoms with Crippen molar-refractivity contribution in [3.63, 3.8) is 0 Å². The average molecular weight is 268 g/mol. The summed E-state index contributed by atoms with van der Waals surface area (Å²) in [5, 5.41) is 3.81. The predicted octanol–water partition coefficient (Wildman–Crippen LogP) is 1.23. The fourth-order valence-corrected chi connectivity index (χ4v) is 2.00. The summed E-state index contributed by atoms with van der Waals surface area (Å²) in [6.07, 6.45) is 3.79. The molecule has 0 amide bonds. The number of rotatable bonds is 3. The Hall–Kier alpha value is -2.02. The van der Waals surface area contributed by atoms with E-state index in [4.69, 9.17) is 0 Å². The van der Waals surface area contributed by atoms with E-state index in [1.165, 1.54) is 18.3 Å². The van der Waals surface area contributed by atoms with Crippen molar-refractivity contribution in [3.05, 3.63) is 42.0 Å². The Morgan fingerprint density at radius 2 is 2.11 bits per heavy atom. The number of carbonyl (C=O) groups excluding carboxylic acids is 1. The number of carbonyl (C=O) groups is 1. The van der Waals surface area contributed by atoms with Crippen LogP contribution in [0.4, 0.5) is 4.39 Å². The fraction of sp³-hybridized carbons (Fsp3) is 0.0909. The van der Waals surface area contributed by atoms with Crippen molar-refractivity contribution in [2.45, 2.75) is 4.90 Å². The molecule has 1 aromatic heterocycles. The van der Waals surface area contributed by atoms with Crippen molar-refractivity contribution >= 4 is 16.1 Å². The fourth-order valence-electron chi connectivity index (χ4n) is 1.47. The zero-order valence-electron chi connectivity index (χ0n) is 9.37. The Labute approximate surface area is 103 Å². The molecule has 0 fully saturated rings. The van der Waals surface area contributed by atoms with Gasteiger partial charge in [-0.1, -0.05) is 6.07 Å². The van der Waals surface area contributed by atoms with Crippen LogP contribution in [0.2, 0.25) is 0 Å². The second kappa shape index (κ2) is 4.34. The van der Waals surface area contributed by atoms with Crippen molar-refractivity contribution in [1.82, 2.24) is 9.78 Å². The Bertz CT molecular complexity index is 707. The van der Waals surface area contributed by atoms with Crippen LogP contribution in [0, 0.1) is 5.82 Å². The van der Waals surface area contributed by atoms with Gasteiger partial charge in [-0.25, -0.2) is 17.5 Å². The van der Waals surface area contributed by atoms with Gasteiger partial charge in [-0.05, 0) is 12.1 Å². The van der Waals surface area contributed by atoms with Crippen LogP contribution in [0.1, 0.15) is 10.4 Å². The van der Waals surface area contributed by atoms with Gasteiger partial charge in [0.1, 0.15) is 10.7 Å². The van der Waals surface area contributed by atoms with E-state index in [-0.39, 0.29) is 16.1 Å². The highest BCUT2D eigenvalue weighted by atomic mass is 32.2. The topological polar surface area (TPSA) is 69.0 Å². The molecule has 0 unspecified atom stereocenters. The first-order chi connectivity index (χ1) is 8.43. The smallest absolute Gasteiger partial charge is 0.178 e. The zero-order chi connectivity index (χ0) is 13.3. The molecule has 7 heteroatoms. The molecule has 2 rings (SSSR count). The highest BCUT2D eigenvalue weighted by Gasteiger charge is 2.14. The molecule has 0 N–H and O–H groups in total. The van der Waals surface area contributed by atoms with E-state index >= 15 is 0 Å². The second-order valence-corrected chi connectivity index (χ2v) is 5.70. The summed E-state index contributed by atoms with van der Waals surface area (Å²) >= 11 is 0. The third-order valence-corrected chi connectivity index (χ3v) is 3.45. The molecule has 0 spiro atoms. The van der Waals surface area contributed by atoms with Crippen LogP contribution in [0.5, 0.6) is 0 Å². The summed E-state index contributed by atoms with van der Waals surface area (Å²) in [7, 11) is -3.39. The molecule has 0 aliphatic carbocycles. The first-order valence-electron chi connectivity index (χ1n) is 4.92. The lowest BCUT2D eigenvalue weighted by Gasteiger charge is -2.04. The zero-order valence-corrected chi connectivity index (χ0v) is 10.2. The maximum Gasteiger partial charge on any atom is 0.178 e. The maximum absolute atomic E-state index is 13.4. The summed E-state index contributed by atoms with van der Waals surface area (Å²) in [6.45, 7) is 0. The number of benzene rings is 1. The second-order valence-electron chi connectivity index (χ2n) is 3.68. The van der Waals surface area contributed by atoms with E-state index < -0.39 is 15.7 Å². The molecule has 1 heterocycles. The van der Waals surface area contributed by atoms with Gasteiger partial charge in [-0.2, -0.15) is 5.10 Å². The van der Waals surface area contributed by atoms with Crippen molar-refractivity contribution in [3.8, 4) is 5.69 Å². The largest absolute Gasteiger partial charge is 0.298 e. The van der Waals surface area contributed by atoms with Gasteiger partial charge >= 0.3 is 0 Å². The molecule has 0 saturated carbocycles. The van der Waals surface area contributed by atoms with Gasteiger partial charge in [0.05, 0.1) is 17.4 Å². The van der Waals surface area contributed by atoms with E-state index in [1.54, 1.807) is 0 Å². The number of nitrogens with zero attached hydrogens (tertiary/aromatic N) is 2. The molecular formula is C11H9FN2O3S. The molecule has 1 aromatic carbocycles. The van der Waals surface area contributed by atoms with Gasteiger partial charge in [0.2, 0.25) is 0 Å². The van der Waals surface area contributed by atoms with E-state index in [0.29, 0.717) is 6.29 Å². The number of aldehydes is 1. The molecule has 0 radical (unpaired) electrons. The molecule has 18 heavy (non-hydrogen) atoms. The molecule has 94 valence electrons. The van der Waals surface area contributed by atoms with Crippen LogP contribution in [-0.2, 0) is 9.84 Å². The third-order valence-electron chi connectivity index (χ3n) is 2.38. The number of aromatic nitrogens is 2. The quantitative estimate of drug-likeness (QED) is 0.785. The molecule has 0 bridgehead atoms. The molecule has 2 aromatic rings. The van der Waals surface area contributed by atoms with Gasteiger partial charge in [-0.3, -0.25) is 4.79 Å². The Morgan fingerprint density at radius 1 is 1.39 bits per heavy atom. The van der Waals surface area contributed by atoms with Gasteiger partial charge in [0.25, 0.3) is 0 Å². The SMILES string of the molecule is CS(=O)(=O)c1cnn(-c2cccc(F)c2C=O)c1. The van der Waals surface area contributed by atoms with Gasteiger partial charge in [0, 0.05) is 12.5 Å². The molecule has 0 aliphatic rings. The maximum atomic E-state index is 13.4. The number of hydrogen-bond acceptors (Lipinski definition) is 4. The number of sulfone groups is 1. The lowest BCUT2D eigenvalue weighted by molar-refractivity contribution is 0.111. The molecular weight excluding hydrogens is 259 g/mol. The number of halogens is 1. The summed E-state index contributed by atoms with van der Waals surface area (Å²) in [5.41, 5.74) is 0.0283. The first kappa shape index (κ1) is 12.4. The van der Waals surface area contributed by atoms with Gasteiger partial charge in [-0.15, -0.1) is 0 Å². The Morgan fingerprint density at radius 3 is 2.67 bits per heavy atom. The van der Waals surface area contributed by atoms with Crippen LogP contribution in [0.15, 0.2) is 35.5 Å². The van der Waals surface area contributed by atoms with Crippen molar-refractivity contribution in [1.29, 1.82) is 0 Å². The molecule has 0 saturated heterocycles. The summed E-state index contributed by atoms with van der Waals surface area (Å²) in [4.78, 5) is 10.8. The normalized spacial score (nSPS) is 11.4. The molecule has 5 nitrogen and oxygen atoms in total. The lowest BCUT2D eigenvalue weighted by Crippen LogP contribution is -2.02. The van der Waals surface area contributed by atoms with Crippen LogP contribution >= 0.6 is 0 Å². The first-order valence-corrected chi connectivity index (χ1v) is 6.81. The molecule has 0 aliphatic heterocycles. The highest BCUT2D eigenvalue weighted by Crippen LogP contribution is 2.17. The van der Waals surface area contributed by atoms with E-state index in [0.717, 1.165) is 23.2 Å². The third kappa shape index (κ3) is 2.17. The average Bonchev–Trinajstić information content (AvgIpc) is 2.77. The summed E-state index contributed by atoms with van der Waals surface area (Å²) < 4.78 is 37.1. The lowest BCUT2D eigenvalue weighted by atomic mass is 10.2. The highest BCUT2D eigenvalue weighted by molar-refractivity contribution is 7.90. The van der Waals surface area contributed by atoms with E-state index in [9.17, 15) is 17.6 Å². The Kier molecular flexibility index (Phi) is 3.00. The number of hydrogen-bond donors (Lipinski definition) is 0. The van der Waals surface area contributed by atoms with Crippen LogP contribution in [-0.4, -0.2) is 30.7 Å². The summed E-state index contributed by atoms with van der Waals surface area (Å²) in [6, 6.07) is 4.04. The van der Waals surface area contributed by atoms with Gasteiger partial charge < -0.3 is 0 Å². The van der Waals surface area contributed by atoms with Crippen molar-refractivity contribution in [2.75, 3.05) is 6.26 Å². The molecule has 0 atom stereocenters. The van der Waals surface area contributed by atoms with E-state index in [2.05, 4.69) is 5.10 Å². The minimum atomic E-state index is -3.39. The summed E-state index contributed by atoms with van der Waals surface area (Å²) in [5.74, 6) is -0.682. The minimum absolute atomic E-state index is 0.00334. The van der Waals surface area contributed by atoms with E-state index in [1.807, 2.05) is 0 Å². The van der Waals surface area contributed by atoms with Crippen molar-refractivity contribution < 1.29 is 17.6 Å². The minimum Gasteiger partial charge on any atom is -0.298 e. The van der Waals surface area contributed by atoms with Gasteiger partial charge in [0.15, 0.2) is 16.1 Å². The monoisotopic (exact) mass is 268 g/mol. The van der Waals surface area contributed by atoms with Crippen LogP contribution in [0.3, 0.4) is 0 Å². The standard InChI is InChI=1S/C11H9FN2O3S/c1-18(16,17)8-5-13-14(6-8)11-4-2-3-10(12)9(11)7-15/h2-7H,1H3. The van der Waals surface area contributed by atoms with Crippen LogP contribution < -0.4 is 0 Å². The predicted molar refractivity (Wildman–Crippen MR) is 62.0 cm³/mol. The van der Waals surface area contributed by atoms with Crippen LogP contribution in [0.25, 0.3) is 5.69 Å².